The van der Waals surface area contributed by atoms with Crippen LogP contribution in [0.2, 0.25) is 0 Å². The van der Waals surface area contributed by atoms with E-state index >= 15 is 0 Å². The number of hydrogen-bond donors (Lipinski definition) is 1. The van der Waals surface area contributed by atoms with Crippen LogP contribution in [0.3, 0.4) is 0 Å². The zero-order valence-electron chi connectivity index (χ0n) is 18.0. The third-order valence-electron chi connectivity index (χ3n) is 5.39. The molecule has 8 nitrogen and oxygen atoms in total. The van der Waals surface area contributed by atoms with Crippen LogP contribution in [0.15, 0.2) is 70.4 Å². The number of anilines is 1. The lowest BCUT2D eigenvalue weighted by atomic mass is 10.1. The van der Waals surface area contributed by atoms with Crippen LogP contribution in [0.1, 0.15) is 17.3 Å². The van der Waals surface area contributed by atoms with Crippen molar-refractivity contribution in [3.63, 3.8) is 0 Å². The number of nitrogens with one attached hydrogen (secondary N) is 1. The van der Waals surface area contributed by atoms with Gasteiger partial charge in [-0.3, -0.25) is 23.5 Å². The Hall–Kier alpha value is -4.20. The van der Waals surface area contributed by atoms with E-state index in [9.17, 15) is 19.2 Å². The van der Waals surface area contributed by atoms with Crippen LogP contribution in [0, 0.1) is 0 Å². The summed E-state index contributed by atoms with van der Waals surface area (Å²) in [5.74, 6) is -0.565. The zero-order valence-corrected chi connectivity index (χ0v) is 18.0. The van der Waals surface area contributed by atoms with Gasteiger partial charge in [-0.05, 0) is 24.6 Å². The molecule has 0 bridgehead atoms. The van der Waals surface area contributed by atoms with Crippen molar-refractivity contribution in [3.8, 4) is 11.1 Å². The monoisotopic (exact) mass is 430 g/mol. The lowest BCUT2D eigenvalue weighted by Gasteiger charge is -2.12. The fraction of sp³-hybridized carbons (Fsp3) is 0.167. The molecule has 0 aliphatic rings. The Morgan fingerprint density at radius 2 is 1.66 bits per heavy atom. The summed E-state index contributed by atoms with van der Waals surface area (Å²) in [7, 11) is 3.13. The van der Waals surface area contributed by atoms with E-state index in [0.717, 1.165) is 10.1 Å². The molecule has 0 spiro atoms. The van der Waals surface area contributed by atoms with E-state index in [4.69, 9.17) is 0 Å². The maximum absolute atomic E-state index is 13.0. The Kier molecular flexibility index (Phi) is 5.36. The van der Waals surface area contributed by atoms with Crippen molar-refractivity contribution in [2.45, 2.75) is 13.5 Å². The molecular formula is C24H22N4O4. The highest BCUT2D eigenvalue weighted by atomic mass is 16.2. The van der Waals surface area contributed by atoms with Crippen LogP contribution in [0.4, 0.5) is 5.69 Å². The van der Waals surface area contributed by atoms with Crippen LogP contribution < -0.4 is 16.6 Å². The van der Waals surface area contributed by atoms with E-state index in [-0.39, 0.29) is 12.3 Å². The van der Waals surface area contributed by atoms with Crippen molar-refractivity contribution in [2.24, 2.45) is 14.1 Å². The number of Topliss-reactive ketones (excluding diaryl/α,β-unsaturated/α-hetero) is 1. The second kappa shape index (κ2) is 8.14. The first-order valence-electron chi connectivity index (χ1n) is 10.0. The fourth-order valence-electron chi connectivity index (χ4n) is 3.80. The second-order valence-electron chi connectivity index (χ2n) is 7.63. The highest BCUT2D eigenvalue weighted by molar-refractivity contribution is 5.98. The van der Waals surface area contributed by atoms with Crippen LogP contribution in [0.25, 0.3) is 22.2 Å². The number of carbonyl (C=O) groups excluding carboxylic acids is 2. The molecule has 162 valence electrons. The molecule has 4 aromatic rings. The Balaban J connectivity index is 1.82. The van der Waals surface area contributed by atoms with Gasteiger partial charge in [0.25, 0.3) is 5.56 Å². The molecule has 1 amide bonds. The van der Waals surface area contributed by atoms with Crippen molar-refractivity contribution < 1.29 is 9.59 Å². The van der Waals surface area contributed by atoms with Gasteiger partial charge in [-0.1, -0.05) is 42.5 Å². The third-order valence-corrected chi connectivity index (χ3v) is 5.39. The van der Waals surface area contributed by atoms with Crippen LogP contribution in [-0.2, 0) is 25.4 Å². The van der Waals surface area contributed by atoms with Crippen molar-refractivity contribution in [2.75, 3.05) is 5.32 Å². The average Bonchev–Trinajstić information content (AvgIpc) is 3.13. The first-order chi connectivity index (χ1) is 15.3. The summed E-state index contributed by atoms with van der Waals surface area (Å²) in [6.45, 7) is 1.15. The molecule has 4 rings (SSSR count). The van der Waals surface area contributed by atoms with E-state index in [1.165, 1.54) is 18.5 Å². The third kappa shape index (κ3) is 3.66. The first kappa shape index (κ1) is 21.0. The van der Waals surface area contributed by atoms with E-state index < -0.39 is 17.2 Å². The summed E-state index contributed by atoms with van der Waals surface area (Å²) in [6.07, 6.45) is 1.78. The van der Waals surface area contributed by atoms with Crippen LogP contribution in [-0.4, -0.2) is 25.4 Å². The number of hydrogen-bond acceptors (Lipinski definition) is 4. The molecule has 0 saturated heterocycles. The Morgan fingerprint density at radius 3 is 2.34 bits per heavy atom. The molecule has 2 heterocycles. The maximum atomic E-state index is 13.0. The smallest absolute Gasteiger partial charge is 0.331 e. The lowest BCUT2D eigenvalue weighted by molar-refractivity contribution is -0.116. The topological polar surface area (TPSA) is 95.1 Å². The number of rotatable bonds is 5. The molecule has 0 atom stereocenters. The number of ketones is 1. The van der Waals surface area contributed by atoms with Gasteiger partial charge >= 0.3 is 5.69 Å². The van der Waals surface area contributed by atoms with Crippen molar-refractivity contribution >= 4 is 28.4 Å². The van der Waals surface area contributed by atoms with Gasteiger partial charge in [-0.25, -0.2) is 4.79 Å². The molecule has 2 aromatic carbocycles. The largest absolute Gasteiger partial charge is 0.344 e. The van der Waals surface area contributed by atoms with Gasteiger partial charge in [-0.2, -0.15) is 0 Å². The summed E-state index contributed by atoms with van der Waals surface area (Å²) < 4.78 is 3.98. The average molecular weight is 430 g/mol. The number of amides is 1. The molecule has 0 fully saturated rings. The standard InChI is InChI=1S/C24H22N4O4/c1-15(29)17-10-7-11-18(12-17)25-20(30)14-28-21-19(16-8-5-4-6-9-16)13-26(2)22(21)23(31)27(3)24(28)32/h4-13H,14H2,1-3H3,(H,25,30). The normalized spacial score (nSPS) is 11.0. The van der Waals surface area contributed by atoms with Gasteiger partial charge < -0.3 is 9.88 Å². The van der Waals surface area contributed by atoms with E-state index in [1.807, 2.05) is 30.3 Å². The highest BCUT2D eigenvalue weighted by Gasteiger charge is 2.21. The Bertz CT molecular complexity index is 1480. The molecule has 32 heavy (non-hydrogen) atoms. The molecule has 0 aliphatic carbocycles. The summed E-state index contributed by atoms with van der Waals surface area (Å²) >= 11 is 0. The first-order valence-corrected chi connectivity index (χ1v) is 10.0. The number of aryl methyl sites for hydroxylation is 1. The van der Waals surface area contributed by atoms with E-state index in [0.29, 0.717) is 27.8 Å². The fourth-order valence-corrected chi connectivity index (χ4v) is 3.80. The van der Waals surface area contributed by atoms with Gasteiger partial charge in [0.1, 0.15) is 12.1 Å². The van der Waals surface area contributed by atoms with Crippen molar-refractivity contribution in [3.05, 3.63) is 87.2 Å². The predicted octanol–water partition coefficient (Wildman–Crippen LogP) is 2.55. The molecule has 0 aliphatic heterocycles. The highest BCUT2D eigenvalue weighted by Crippen LogP contribution is 2.28. The Labute approximate surface area is 183 Å². The molecular weight excluding hydrogens is 408 g/mol. The molecule has 0 unspecified atom stereocenters. The molecule has 0 saturated carbocycles. The minimum Gasteiger partial charge on any atom is -0.344 e. The number of nitrogens with zero attached hydrogens (tertiary/aromatic N) is 3. The minimum absolute atomic E-state index is 0.117. The quantitative estimate of drug-likeness (QED) is 0.492. The minimum atomic E-state index is -0.585. The van der Waals surface area contributed by atoms with Gasteiger partial charge in [0.15, 0.2) is 5.78 Å². The molecule has 8 heteroatoms. The van der Waals surface area contributed by atoms with Gasteiger partial charge in [0.05, 0.1) is 5.52 Å². The number of fused-ring (bicyclic) bond motifs is 1. The Morgan fingerprint density at radius 1 is 0.938 bits per heavy atom. The van der Waals surface area contributed by atoms with Gasteiger partial charge in [0.2, 0.25) is 5.91 Å². The predicted molar refractivity (Wildman–Crippen MR) is 123 cm³/mol. The summed E-state index contributed by atoms with van der Waals surface area (Å²) in [4.78, 5) is 50.3. The maximum Gasteiger partial charge on any atom is 0.331 e. The van der Waals surface area contributed by atoms with Gasteiger partial charge in [-0.15, -0.1) is 0 Å². The van der Waals surface area contributed by atoms with Crippen LogP contribution in [0.5, 0.6) is 0 Å². The lowest BCUT2D eigenvalue weighted by Crippen LogP contribution is -2.40. The van der Waals surface area contributed by atoms with Gasteiger partial charge in [0, 0.05) is 37.1 Å². The second-order valence-corrected chi connectivity index (χ2v) is 7.63. The zero-order chi connectivity index (χ0) is 23.0. The SMILES string of the molecule is CC(=O)c1cccc(NC(=O)Cn2c(=O)n(C)c(=O)c3c2c(-c2ccccc2)cn3C)c1. The van der Waals surface area contributed by atoms with Crippen LogP contribution >= 0.6 is 0 Å². The summed E-state index contributed by atoms with van der Waals surface area (Å²) in [5.41, 5.74) is 2.15. The summed E-state index contributed by atoms with van der Waals surface area (Å²) in [5, 5.41) is 2.73. The van der Waals surface area contributed by atoms with E-state index in [1.54, 1.807) is 42.1 Å². The number of benzene rings is 2. The van der Waals surface area contributed by atoms with Crippen molar-refractivity contribution in [1.82, 2.24) is 13.7 Å². The van der Waals surface area contributed by atoms with E-state index in [2.05, 4.69) is 5.32 Å². The van der Waals surface area contributed by atoms with Crippen molar-refractivity contribution in [1.29, 1.82) is 0 Å². The number of aromatic nitrogens is 3. The number of carbonyl (C=O) groups is 2. The molecule has 1 N–H and O–H groups in total. The molecule has 0 radical (unpaired) electrons. The summed E-state index contributed by atoms with van der Waals surface area (Å²) in [6, 6.07) is 16.0. The molecule has 2 aromatic heterocycles.